The Hall–Kier alpha value is -2.93. The lowest BCUT2D eigenvalue weighted by atomic mass is 10.0. The zero-order valence-corrected chi connectivity index (χ0v) is 14.4. The van der Waals surface area contributed by atoms with Crippen molar-refractivity contribution in [3.63, 3.8) is 0 Å². The molecule has 2 heterocycles. The Bertz CT molecular complexity index is 978. The molecule has 1 amide bonds. The summed E-state index contributed by atoms with van der Waals surface area (Å²) in [5.41, 5.74) is 5.99. The van der Waals surface area contributed by atoms with Crippen molar-refractivity contribution in [1.82, 2.24) is 9.78 Å². The predicted octanol–water partition coefficient (Wildman–Crippen LogP) is 1.36. The van der Waals surface area contributed by atoms with Crippen LogP contribution in [0.2, 0.25) is 0 Å². The summed E-state index contributed by atoms with van der Waals surface area (Å²) in [6, 6.07) is 6.98. The summed E-state index contributed by atoms with van der Waals surface area (Å²) >= 11 is 0. The molecule has 1 unspecified atom stereocenters. The highest BCUT2D eigenvalue weighted by Crippen LogP contribution is 2.31. The molecule has 136 valence electrons. The van der Waals surface area contributed by atoms with Crippen molar-refractivity contribution in [2.45, 2.75) is 12.5 Å². The Morgan fingerprint density at radius 1 is 1.38 bits per heavy atom. The van der Waals surface area contributed by atoms with Crippen molar-refractivity contribution >= 4 is 27.2 Å². The van der Waals surface area contributed by atoms with E-state index in [1.165, 1.54) is 35.1 Å². The third-order valence-corrected chi connectivity index (χ3v) is 5.96. The summed E-state index contributed by atoms with van der Waals surface area (Å²) in [7, 11) is -3.26. The first-order valence-electron chi connectivity index (χ1n) is 7.80. The van der Waals surface area contributed by atoms with Crippen LogP contribution in [0.1, 0.15) is 22.8 Å². The van der Waals surface area contributed by atoms with Gasteiger partial charge in [0, 0.05) is 11.9 Å². The first-order valence-corrected chi connectivity index (χ1v) is 9.63. The molecule has 0 spiro atoms. The largest absolute Gasteiger partial charge is 0.365 e. The van der Waals surface area contributed by atoms with Crippen LogP contribution in [0.15, 0.2) is 30.5 Å². The summed E-state index contributed by atoms with van der Waals surface area (Å²) in [4.78, 5) is 11.7. The maximum absolute atomic E-state index is 13.0. The molecule has 1 aliphatic rings. The number of sulfone groups is 1. The van der Waals surface area contributed by atoms with Crippen LogP contribution in [0.3, 0.4) is 0 Å². The fourth-order valence-electron chi connectivity index (χ4n) is 2.91. The molecule has 0 saturated carbocycles. The van der Waals surface area contributed by atoms with Crippen LogP contribution in [-0.2, 0) is 9.84 Å². The molecule has 1 aromatic carbocycles. The molecule has 1 aromatic heterocycles. The van der Waals surface area contributed by atoms with Crippen molar-refractivity contribution < 1.29 is 17.6 Å². The van der Waals surface area contributed by atoms with Crippen molar-refractivity contribution in [1.29, 1.82) is 5.26 Å². The summed E-state index contributed by atoms with van der Waals surface area (Å²) in [5.74, 6) is -2.04. The maximum Gasteiger partial charge on any atom is 0.254 e. The third kappa shape index (κ3) is 3.67. The van der Waals surface area contributed by atoms with E-state index in [1.807, 2.05) is 6.07 Å². The number of nitrogens with one attached hydrogen (secondary N) is 1. The second kappa shape index (κ2) is 6.76. The topological polar surface area (TPSA) is 131 Å². The van der Waals surface area contributed by atoms with Gasteiger partial charge in [-0.15, -0.1) is 0 Å². The van der Waals surface area contributed by atoms with E-state index >= 15 is 0 Å². The van der Waals surface area contributed by atoms with Crippen molar-refractivity contribution in [3.05, 3.63) is 41.8 Å². The summed E-state index contributed by atoms with van der Waals surface area (Å²) in [5, 5.41) is 16.5. The highest BCUT2D eigenvalue weighted by molar-refractivity contribution is 7.91. The first kappa shape index (κ1) is 17.9. The van der Waals surface area contributed by atoms with Gasteiger partial charge in [0.15, 0.2) is 15.7 Å². The zero-order valence-electron chi connectivity index (χ0n) is 13.6. The van der Waals surface area contributed by atoms with E-state index < -0.39 is 33.5 Å². The number of nitrogens with two attached hydrogens (primary N) is 1. The van der Waals surface area contributed by atoms with Crippen molar-refractivity contribution in [2.75, 3.05) is 16.8 Å². The number of carbonyl (C=O) groups excluding carboxylic acids is 1. The summed E-state index contributed by atoms with van der Waals surface area (Å²) in [6.07, 6.45) is 1.62. The van der Waals surface area contributed by atoms with Gasteiger partial charge in [0.1, 0.15) is 11.4 Å². The molecule has 0 bridgehead atoms. The Balaban J connectivity index is 1.93. The van der Waals surface area contributed by atoms with Gasteiger partial charge in [-0.3, -0.25) is 9.48 Å². The number of aromatic nitrogens is 2. The molecule has 1 fully saturated rings. The van der Waals surface area contributed by atoms with Crippen LogP contribution in [0.4, 0.5) is 15.9 Å². The van der Waals surface area contributed by atoms with Gasteiger partial charge >= 0.3 is 0 Å². The predicted molar refractivity (Wildman–Crippen MR) is 91.8 cm³/mol. The minimum Gasteiger partial charge on any atom is -0.365 e. The Labute approximate surface area is 149 Å². The maximum atomic E-state index is 13.0. The molecular weight excluding hydrogens is 361 g/mol. The standard InChI is InChI=1S/C16H16FN5O3S/c17-11-1-3-12(4-2-11)20-16-13(15(19)23)8-22(21-16)14-5-6-26(24,25)9-10(14)7-18/h1-4,8,10,14H,5-6,9H2,(H2,19,23)(H,20,21)/t10?,14-/m0/s1. The van der Waals surface area contributed by atoms with E-state index in [9.17, 15) is 22.9 Å². The molecule has 2 aromatic rings. The van der Waals surface area contributed by atoms with E-state index in [0.29, 0.717) is 5.69 Å². The van der Waals surface area contributed by atoms with Crippen LogP contribution in [0.25, 0.3) is 0 Å². The van der Waals surface area contributed by atoms with Crippen LogP contribution in [0, 0.1) is 23.1 Å². The number of hydrogen-bond donors (Lipinski definition) is 2. The van der Waals surface area contributed by atoms with E-state index in [0.717, 1.165) is 0 Å². The number of primary amides is 1. The van der Waals surface area contributed by atoms with Crippen molar-refractivity contribution in [3.8, 4) is 6.07 Å². The fourth-order valence-corrected chi connectivity index (χ4v) is 4.52. The SMILES string of the molecule is N#CC1CS(=O)(=O)CC[C@@H]1n1cc(C(N)=O)c(Nc2ccc(F)cc2)n1. The second-order valence-corrected chi connectivity index (χ2v) is 8.30. The minimum atomic E-state index is -3.26. The van der Waals surface area contributed by atoms with Gasteiger partial charge in [-0.2, -0.15) is 10.4 Å². The van der Waals surface area contributed by atoms with E-state index in [2.05, 4.69) is 10.4 Å². The van der Waals surface area contributed by atoms with Crippen LogP contribution in [0.5, 0.6) is 0 Å². The van der Waals surface area contributed by atoms with Gasteiger partial charge in [-0.25, -0.2) is 12.8 Å². The molecule has 3 N–H and O–H groups in total. The van der Waals surface area contributed by atoms with Crippen LogP contribution in [-0.4, -0.2) is 35.6 Å². The first-order chi connectivity index (χ1) is 12.3. The van der Waals surface area contributed by atoms with Gasteiger partial charge in [0.25, 0.3) is 5.91 Å². The molecular formula is C16H16FN5O3S. The Morgan fingerprint density at radius 2 is 2.08 bits per heavy atom. The van der Waals surface area contributed by atoms with Gasteiger partial charge in [0.05, 0.1) is 29.5 Å². The molecule has 0 aliphatic carbocycles. The lowest BCUT2D eigenvalue weighted by Gasteiger charge is -2.26. The van der Waals surface area contributed by atoms with Crippen LogP contribution < -0.4 is 11.1 Å². The highest BCUT2D eigenvalue weighted by Gasteiger charge is 2.35. The molecule has 10 heteroatoms. The number of amides is 1. The molecule has 0 radical (unpaired) electrons. The minimum absolute atomic E-state index is 0.0532. The Kier molecular flexibility index (Phi) is 4.65. The van der Waals surface area contributed by atoms with E-state index in [-0.39, 0.29) is 29.3 Å². The molecule has 8 nitrogen and oxygen atoms in total. The third-order valence-electron chi connectivity index (χ3n) is 4.23. The van der Waals surface area contributed by atoms with Gasteiger partial charge in [-0.05, 0) is 30.7 Å². The lowest BCUT2D eigenvalue weighted by Crippen LogP contribution is -2.34. The molecule has 26 heavy (non-hydrogen) atoms. The molecule has 3 rings (SSSR count). The van der Waals surface area contributed by atoms with Gasteiger partial charge in [-0.1, -0.05) is 0 Å². The summed E-state index contributed by atoms with van der Waals surface area (Å²) in [6.45, 7) is 0. The number of halogens is 1. The normalized spacial score (nSPS) is 21.7. The number of rotatable bonds is 4. The van der Waals surface area contributed by atoms with E-state index in [1.54, 1.807) is 0 Å². The molecule has 2 atom stereocenters. The number of nitriles is 1. The fraction of sp³-hybridized carbons (Fsp3) is 0.312. The van der Waals surface area contributed by atoms with Crippen LogP contribution >= 0.6 is 0 Å². The number of anilines is 2. The van der Waals surface area contributed by atoms with Gasteiger partial charge < -0.3 is 11.1 Å². The van der Waals surface area contributed by atoms with E-state index in [4.69, 9.17) is 5.73 Å². The smallest absolute Gasteiger partial charge is 0.254 e. The monoisotopic (exact) mass is 377 g/mol. The average Bonchev–Trinajstić information content (AvgIpc) is 3.00. The number of hydrogen-bond acceptors (Lipinski definition) is 6. The molecule has 1 saturated heterocycles. The number of benzene rings is 1. The molecule has 1 aliphatic heterocycles. The van der Waals surface area contributed by atoms with Crippen molar-refractivity contribution in [2.24, 2.45) is 11.7 Å². The highest BCUT2D eigenvalue weighted by atomic mass is 32.2. The summed E-state index contributed by atoms with van der Waals surface area (Å²) < 4.78 is 37.9. The quantitative estimate of drug-likeness (QED) is 0.827. The zero-order chi connectivity index (χ0) is 18.9. The number of nitrogens with zero attached hydrogens (tertiary/aromatic N) is 3. The van der Waals surface area contributed by atoms with Gasteiger partial charge in [0.2, 0.25) is 0 Å². The second-order valence-electron chi connectivity index (χ2n) is 6.07. The average molecular weight is 377 g/mol. The number of carbonyl (C=O) groups is 1. The lowest BCUT2D eigenvalue weighted by molar-refractivity contribution is 0.100. The Morgan fingerprint density at radius 3 is 2.69 bits per heavy atom.